The second kappa shape index (κ2) is 5.72. The van der Waals surface area contributed by atoms with Crippen LogP contribution in [0, 0.1) is 0 Å². The number of hydrogen-bond donors (Lipinski definition) is 1. The van der Waals surface area contributed by atoms with Crippen molar-refractivity contribution in [3.05, 3.63) is 46.4 Å². The van der Waals surface area contributed by atoms with E-state index < -0.39 is 0 Å². The van der Waals surface area contributed by atoms with Crippen LogP contribution in [0.15, 0.2) is 35.7 Å². The average Bonchev–Trinajstić information content (AvgIpc) is 3.20. The summed E-state index contributed by atoms with van der Waals surface area (Å²) in [5.41, 5.74) is 2.25. The van der Waals surface area contributed by atoms with Crippen molar-refractivity contribution in [3.8, 4) is 0 Å². The first kappa shape index (κ1) is 12.6. The van der Waals surface area contributed by atoms with Crippen LogP contribution in [0.5, 0.6) is 0 Å². The van der Waals surface area contributed by atoms with Crippen LogP contribution in [-0.2, 0) is 6.54 Å². The van der Waals surface area contributed by atoms with Crippen molar-refractivity contribution in [1.29, 1.82) is 0 Å². The predicted octanol–water partition coefficient (Wildman–Crippen LogP) is 3.02. The molecule has 100 valence electrons. The molecular weight excluding hydrogens is 256 g/mol. The quantitative estimate of drug-likeness (QED) is 0.879. The number of benzene rings is 1. The molecule has 0 bridgehead atoms. The number of aliphatic hydroxyl groups is 1. The van der Waals surface area contributed by atoms with Crippen LogP contribution in [0.25, 0.3) is 0 Å². The van der Waals surface area contributed by atoms with E-state index in [0.717, 1.165) is 23.8 Å². The van der Waals surface area contributed by atoms with Crippen LogP contribution in [0.2, 0.25) is 0 Å². The second-order valence-electron chi connectivity index (χ2n) is 4.93. The Hall–Kier alpha value is -1.39. The summed E-state index contributed by atoms with van der Waals surface area (Å²) >= 11 is 1.78. The van der Waals surface area contributed by atoms with Crippen molar-refractivity contribution < 1.29 is 5.11 Å². The van der Waals surface area contributed by atoms with E-state index >= 15 is 0 Å². The van der Waals surface area contributed by atoms with Gasteiger partial charge in [-0.25, -0.2) is 4.98 Å². The third kappa shape index (κ3) is 3.14. The molecule has 1 N–H and O–H groups in total. The Morgan fingerprint density at radius 3 is 2.74 bits per heavy atom. The van der Waals surface area contributed by atoms with Gasteiger partial charge in [0.15, 0.2) is 0 Å². The summed E-state index contributed by atoms with van der Waals surface area (Å²) in [5.74, 6) is 0.724. The molecular formula is C15H18N2OS. The van der Waals surface area contributed by atoms with Gasteiger partial charge in [-0.1, -0.05) is 18.2 Å². The van der Waals surface area contributed by atoms with Gasteiger partial charge >= 0.3 is 0 Å². The van der Waals surface area contributed by atoms with Gasteiger partial charge in [0, 0.05) is 23.5 Å². The molecule has 1 saturated carbocycles. The minimum atomic E-state index is 0.161. The van der Waals surface area contributed by atoms with Crippen molar-refractivity contribution >= 4 is 17.0 Å². The van der Waals surface area contributed by atoms with E-state index in [1.54, 1.807) is 11.3 Å². The summed E-state index contributed by atoms with van der Waals surface area (Å²) in [6.45, 7) is 1.57. The molecule has 1 heterocycles. The van der Waals surface area contributed by atoms with Crippen LogP contribution in [-0.4, -0.2) is 23.2 Å². The maximum atomic E-state index is 9.22. The lowest BCUT2D eigenvalue weighted by molar-refractivity contribution is 0.301. The monoisotopic (exact) mass is 274 g/mol. The highest BCUT2D eigenvalue weighted by atomic mass is 32.1. The van der Waals surface area contributed by atoms with Crippen molar-refractivity contribution in [3.63, 3.8) is 0 Å². The Bertz CT molecular complexity index is 522. The Morgan fingerprint density at radius 1 is 1.26 bits per heavy atom. The van der Waals surface area contributed by atoms with E-state index in [-0.39, 0.29) is 6.61 Å². The molecule has 19 heavy (non-hydrogen) atoms. The normalized spacial score (nSPS) is 14.6. The first-order chi connectivity index (χ1) is 9.36. The third-order valence-electron chi connectivity index (χ3n) is 3.34. The maximum absolute atomic E-state index is 9.22. The number of nitrogens with zero attached hydrogens (tertiary/aromatic N) is 2. The fraction of sp³-hybridized carbons (Fsp3) is 0.400. The molecule has 1 fully saturated rings. The number of aromatic nitrogens is 1. The summed E-state index contributed by atoms with van der Waals surface area (Å²) in [4.78, 5) is 6.89. The first-order valence-electron chi connectivity index (χ1n) is 6.72. The Balaban J connectivity index is 1.73. The lowest BCUT2D eigenvalue weighted by Crippen LogP contribution is -2.26. The van der Waals surface area contributed by atoms with Gasteiger partial charge in [-0.3, -0.25) is 0 Å². The van der Waals surface area contributed by atoms with Gasteiger partial charge in [-0.15, -0.1) is 11.3 Å². The van der Waals surface area contributed by atoms with E-state index in [2.05, 4.69) is 22.4 Å². The van der Waals surface area contributed by atoms with E-state index in [4.69, 9.17) is 4.98 Å². The average molecular weight is 274 g/mol. The van der Waals surface area contributed by atoms with Gasteiger partial charge in [0.05, 0.1) is 23.9 Å². The number of aliphatic hydroxyl groups excluding tert-OH is 1. The topological polar surface area (TPSA) is 36.4 Å². The second-order valence-corrected chi connectivity index (χ2v) is 5.82. The first-order valence-corrected chi connectivity index (χ1v) is 7.60. The standard InChI is InChI=1S/C15H18N2OS/c18-9-8-17(14-4-2-1-3-5-14)10-13-11-19-15(16-13)12-6-7-12/h1-5,11-12,18H,6-10H2. The molecule has 3 rings (SSSR count). The van der Waals surface area contributed by atoms with Gasteiger partial charge < -0.3 is 10.0 Å². The van der Waals surface area contributed by atoms with Crippen LogP contribution >= 0.6 is 11.3 Å². The van der Waals surface area contributed by atoms with Crippen molar-refractivity contribution in [2.24, 2.45) is 0 Å². The third-order valence-corrected chi connectivity index (χ3v) is 4.40. The van der Waals surface area contributed by atoms with Gasteiger partial charge in [0.2, 0.25) is 0 Å². The van der Waals surface area contributed by atoms with E-state index in [9.17, 15) is 5.11 Å². The lowest BCUT2D eigenvalue weighted by Gasteiger charge is -2.22. The zero-order valence-corrected chi connectivity index (χ0v) is 11.6. The number of thiazole rings is 1. The molecule has 0 saturated heterocycles. The highest BCUT2D eigenvalue weighted by Crippen LogP contribution is 2.41. The fourth-order valence-electron chi connectivity index (χ4n) is 2.17. The molecule has 1 aliphatic carbocycles. The zero-order valence-electron chi connectivity index (χ0n) is 10.8. The van der Waals surface area contributed by atoms with Crippen molar-refractivity contribution in [2.75, 3.05) is 18.1 Å². The summed E-state index contributed by atoms with van der Waals surface area (Å²) in [6, 6.07) is 10.2. The molecule has 2 aromatic rings. The largest absolute Gasteiger partial charge is 0.395 e. The lowest BCUT2D eigenvalue weighted by atomic mass is 10.2. The number of hydrogen-bond acceptors (Lipinski definition) is 4. The molecule has 3 nitrogen and oxygen atoms in total. The van der Waals surface area contributed by atoms with Crippen LogP contribution in [0.1, 0.15) is 29.5 Å². The highest BCUT2D eigenvalue weighted by Gasteiger charge is 2.26. The van der Waals surface area contributed by atoms with Gasteiger partial charge in [-0.05, 0) is 25.0 Å². The van der Waals surface area contributed by atoms with Crippen LogP contribution in [0.3, 0.4) is 0 Å². The number of rotatable bonds is 6. The Kier molecular flexibility index (Phi) is 3.80. The molecule has 1 aliphatic rings. The summed E-state index contributed by atoms with van der Waals surface area (Å²) in [7, 11) is 0. The summed E-state index contributed by atoms with van der Waals surface area (Å²) in [5, 5.41) is 12.7. The molecule has 4 heteroatoms. The number of anilines is 1. The van der Waals surface area contributed by atoms with E-state index in [1.165, 1.54) is 17.8 Å². The molecule has 0 aliphatic heterocycles. The van der Waals surface area contributed by atoms with Gasteiger partial charge in [-0.2, -0.15) is 0 Å². The minimum Gasteiger partial charge on any atom is -0.395 e. The summed E-state index contributed by atoms with van der Waals surface area (Å²) < 4.78 is 0. The van der Waals surface area contributed by atoms with E-state index in [0.29, 0.717) is 6.54 Å². The Labute approximate surface area is 117 Å². The van der Waals surface area contributed by atoms with Gasteiger partial charge in [0.25, 0.3) is 0 Å². The van der Waals surface area contributed by atoms with Gasteiger partial charge in [0.1, 0.15) is 0 Å². The maximum Gasteiger partial charge on any atom is 0.0960 e. The van der Waals surface area contributed by atoms with Crippen LogP contribution < -0.4 is 4.90 Å². The van der Waals surface area contributed by atoms with Crippen molar-refractivity contribution in [2.45, 2.75) is 25.3 Å². The van der Waals surface area contributed by atoms with E-state index in [1.807, 2.05) is 18.2 Å². The zero-order chi connectivity index (χ0) is 13.1. The minimum absolute atomic E-state index is 0.161. The predicted molar refractivity (Wildman–Crippen MR) is 78.7 cm³/mol. The molecule has 1 aromatic carbocycles. The molecule has 0 atom stereocenters. The summed E-state index contributed by atoms with van der Waals surface area (Å²) in [6.07, 6.45) is 2.60. The molecule has 1 aromatic heterocycles. The molecule has 0 amide bonds. The smallest absolute Gasteiger partial charge is 0.0960 e. The SMILES string of the molecule is OCCN(Cc1csc(C2CC2)n1)c1ccccc1. The van der Waals surface area contributed by atoms with Crippen molar-refractivity contribution in [1.82, 2.24) is 4.98 Å². The molecule has 0 unspecified atom stereocenters. The molecule has 0 spiro atoms. The molecule has 0 radical (unpaired) electrons. The van der Waals surface area contributed by atoms with Crippen LogP contribution in [0.4, 0.5) is 5.69 Å². The highest BCUT2D eigenvalue weighted by molar-refractivity contribution is 7.09. The number of para-hydroxylation sites is 1. The Morgan fingerprint density at radius 2 is 2.05 bits per heavy atom. The fourth-order valence-corrected chi connectivity index (χ4v) is 3.15.